The first-order valence-electron chi connectivity index (χ1n) is 6.55. The van der Waals surface area contributed by atoms with E-state index in [1.54, 1.807) is 12.4 Å². The van der Waals surface area contributed by atoms with Crippen LogP contribution in [0.2, 0.25) is 0 Å². The molecule has 0 radical (unpaired) electrons. The third-order valence-electron chi connectivity index (χ3n) is 4.00. The molecule has 1 aromatic rings. The van der Waals surface area contributed by atoms with Crippen molar-refractivity contribution in [3.8, 4) is 0 Å². The van der Waals surface area contributed by atoms with Gasteiger partial charge in [0.25, 0.3) is 0 Å². The molecule has 0 aromatic carbocycles. The zero-order valence-corrected chi connectivity index (χ0v) is 11.4. The smallest absolute Gasteiger partial charge is 0.169 e. The van der Waals surface area contributed by atoms with Crippen molar-refractivity contribution >= 4 is 5.78 Å². The highest BCUT2D eigenvalue weighted by Crippen LogP contribution is 2.52. The lowest BCUT2D eigenvalue weighted by Gasteiger charge is -2.28. The molecule has 19 heavy (non-hydrogen) atoms. The summed E-state index contributed by atoms with van der Waals surface area (Å²) in [6.45, 7) is 6.08. The Balaban J connectivity index is 2.04. The molecule has 0 saturated carbocycles. The summed E-state index contributed by atoms with van der Waals surface area (Å²) in [6, 6.07) is 3.89. The molecule has 0 fully saturated rings. The van der Waals surface area contributed by atoms with Crippen molar-refractivity contribution in [3.05, 3.63) is 53.6 Å². The minimum absolute atomic E-state index is 0.0576. The molecule has 0 saturated heterocycles. The highest BCUT2D eigenvalue weighted by molar-refractivity contribution is 6.01. The molecule has 98 valence electrons. The number of ketones is 1. The quantitative estimate of drug-likeness (QED) is 0.773. The Labute approximate surface area is 113 Å². The average Bonchev–Trinajstić information content (AvgIpc) is 2.67. The second kappa shape index (κ2) is 4.05. The van der Waals surface area contributed by atoms with Gasteiger partial charge in [-0.1, -0.05) is 26.8 Å². The van der Waals surface area contributed by atoms with E-state index >= 15 is 0 Å². The van der Waals surface area contributed by atoms with Gasteiger partial charge in [0.15, 0.2) is 5.78 Å². The van der Waals surface area contributed by atoms with Gasteiger partial charge in [-0.15, -0.1) is 0 Å². The lowest BCUT2D eigenvalue weighted by molar-refractivity contribution is -0.118. The van der Waals surface area contributed by atoms with E-state index in [1.807, 2.05) is 31.2 Å². The normalized spacial score (nSPS) is 28.3. The van der Waals surface area contributed by atoms with Gasteiger partial charge >= 0.3 is 0 Å². The van der Waals surface area contributed by atoms with Crippen molar-refractivity contribution in [3.63, 3.8) is 0 Å². The number of pyridine rings is 1. The molecule has 2 atom stereocenters. The predicted molar refractivity (Wildman–Crippen MR) is 72.2 cm³/mol. The maximum absolute atomic E-state index is 12.4. The summed E-state index contributed by atoms with van der Waals surface area (Å²) in [5.74, 6) is 0.854. The summed E-state index contributed by atoms with van der Waals surface area (Å²) in [5.41, 5.74) is 1.57. The van der Waals surface area contributed by atoms with Gasteiger partial charge in [0.1, 0.15) is 11.9 Å². The molecule has 0 bridgehead atoms. The first-order valence-corrected chi connectivity index (χ1v) is 6.55. The summed E-state index contributed by atoms with van der Waals surface area (Å²) in [4.78, 5) is 16.4. The molecule has 0 N–H and O–H groups in total. The SMILES string of the molecule is CC1C=CC2=C(C1=O)C(C)(C)C(c1ccncc1)O2. The summed E-state index contributed by atoms with van der Waals surface area (Å²) in [5, 5.41) is 0. The Hall–Kier alpha value is -1.90. The number of nitrogens with zero attached hydrogens (tertiary/aromatic N) is 1. The zero-order valence-electron chi connectivity index (χ0n) is 11.4. The lowest BCUT2D eigenvalue weighted by atomic mass is 9.73. The number of hydrogen-bond acceptors (Lipinski definition) is 3. The maximum atomic E-state index is 12.4. The van der Waals surface area contributed by atoms with Gasteiger partial charge in [-0.3, -0.25) is 9.78 Å². The lowest BCUT2D eigenvalue weighted by Crippen LogP contribution is -2.27. The number of Topliss-reactive ketones (excluding diaryl/α,β-unsaturated/α-hetero) is 1. The Morgan fingerprint density at radius 1 is 1.26 bits per heavy atom. The van der Waals surface area contributed by atoms with Crippen LogP contribution in [-0.2, 0) is 9.53 Å². The van der Waals surface area contributed by atoms with Gasteiger partial charge in [0, 0.05) is 29.3 Å². The van der Waals surface area contributed by atoms with Gasteiger partial charge in [-0.05, 0) is 23.8 Å². The minimum atomic E-state index is -0.313. The topological polar surface area (TPSA) is 39.2 Å². The van der Waals surface area contributed by atoms with Crippen LogP contribution < -0.4 is 0 Å². The van der Waals surface area contributed by atoms with E-state index in [4.69, 9.17) is 4.74 Å². The fourth-order valence-electron chi connectivity index (χ4n) is 2.91. The molecule has 1 aliphatic carbocycles. The Bertz CT molecular complexity index is 584. The molecule has 3 heteroatoms. The van der Waals surface area contributed by atoms with Crippen molar-refractivity contribution in [1.29, 1.82) is 0 Å². The number of carbonyl (C=O) groups excluding carboxylic acids is 1. The highest BCUT2D eigenvalue weighted by Gasteiger charge is 2.48. The molecule has 3 rings (SSSR count). The van der Waals surface area contributed by atoms with Crippen LogP contribution in [0.4, 0.5) is 0 Å². The minimum Gasteiger partial charge on any atom is -0.484 e. The molecule has 1 aliphatic heterocycles. The Morgan fingerprint density at radius 3 is 2.63 bits per heavy atom. The van der Waals surface area contributed by atoms with E-state index in [1.165, 1.54) is 0 Å². The van der Waals surface area contributed by atoms with Gasteiger partial charge in [0.2, 0.25) is 0 Å². The molecule has 0 spiro atoms. The van der Waals surface area contributed by atoms with E-state index in [0.29, 0.717) is 0 Å². The number of hydrogen-bond donors (Lipinski definition) is 0. The first kappa shape index (κ1) is 12.2. The van der Waals surface area contributed by atoms with Gasteiger partial charge in [-0.2, -0.15) is 0 Å². The van der Waals surface area contributed by atoms with Crippen LogP contribution >= 0.6 is 0 Å². The van der Waals surface area contributed by atoms with Crippen molar-refractivity contribution in [2.45, 2.75) is 26.9 Å². The van der Waals surface area contributed by atoms with E-state index in [-0.39, 0.29) is 23.2 Å². The third kappa shape index (κ3) is 1.72. The average molecular weight is 255 g/mol. The van der Waals surface area contributed by atoms with Gasteiger partial charge in [-0.25, -0.2) is 0 Å². The zero-order chi connectivity index (χ0) is 13.6. The standard InChI is InChI=1S/C16H17NO2/c1-10-4-5-12-13(14(10)18)16(2,3)15(19-12)11-6-8-17-9-7-11/h4-10,15H,1-3H3. The van der Waals surface area contributed by atoms with Crippen LogP contribution in [0, 0.1) is 11.3 Å². The molecular weight excluding hydrogens is 238 g/mol. The van der Waals surface area contributed by atoms with E-state index in [2.05, 4.69) is 18.8 Å². The second-order valence-electron chi connectivity index (χ2n) is 5.75. The number of ether oxygens (including phenoxy) is 1. The van der Waals surface area contributed by atoms with E-state index in [9.17, 15) is 4.79 Å². The molecular formula is C16H17NO2. The Kier molecular flexibility index (Phi) is 2.59. The fraction of sp³-hybridized carbons (Fsp3) is 0.375. The first-order chi connectivity index (χ1) is 9.01. The van der Waals surface area contributed by atoms with Gasteiger partial charge in [0.05, 0.1) is 0 Å². The van der Waals surface area contributed by atoms with E-state index < -0.39 is 0 Å². The maximum Gasteiger partial charge on any atom is 0.169 e. The fourth-order valence-corrected chi connectivity index (χ4v) is 2.91. The molecule has 2 aliphatic rings. The molecule has 2 heterocycles. The summed E-state index contributed by atoms with van der Waals surface area (Å²) in [6.07, 6.45) is 7.23. The van der Waals surface area contributed by atoms with Crippen LogP contribution in [-0.4, -0.2) is 10.8 Å². The number of rotatable bonds is 1. The predicted octanol–water partition coefficient (Wildman–Crippen LogP) is 3.21. The van der Waals surface area contributed by atoms with Crippen molar-refractivity contribution in [2.75, 3.05) is 0 Å². The van der Waals surface area contributed by atoms with E-state index in [0.717, 1.165) is 16.9 Å². The Morgan fingerprint density at radius 2 is 1.95 bits per heavy atom. The number of carbonyl (C=O) groups is 1. The molecule has 1 aromatic heterocycles. The number of allylic oxidation sites excluding steroid dienone is 2. The van der Waals surface area contributed by atoms with Gasteiger partial charge < -0.3 is 4.74 Å². The summed E-state index contributed by atoms with van der Waals surface area (Å²) in [7, 11) is 0. The third-order valence-corrected chi connectivity index (χ3v) is 4.00. The van der Waals surface area contributed by atoms with Crippen LogP contribution in [0.1, 0.15) is 32.4 Å². The molecule has 2 unspecified atom stereocenters. The summed E-state index contributed by atoms with van der Waals surface area (Å²) >= 11 is 0. The van der Waals surface area contributed by atoms with Crippen LogP contribution in [0.15, 0.2) is 48.0 Å². The van der Waals surface area contributed by atoms with Crippen LogP contribution in [0.5, 0.6) is 0 Å². The molecule has 3 nitrogen and oxygen atoms in total. The van der Waals surface area contributed by atoms with Crippen molar-refractivity contribution < 1.29 is 9.53 Å². The van der Waals surface area contributed by atoms with Crippen LogP contribution in [0.3, 0.4) is 0 Å². The molecule has 0 amide bonds. The summed E-state index contributed by atoms with van der Waals surface area (Å²) < 4.78 is 6.03. The highest BCUT2D eigenvalue weighted by atomic mass is 16.5. The van der Waals surface area contributed by atoms with Crippen LogP contribution in [0.25, 0.3) is 0 Å². The largest absolute Gasteiger partial charge is 0.484 e. The second-order valence-corrected chi connectivity index (χ2v) is 5.75. The van der Waals surface area contributed by atoms with Crippen molar-refractivity contribution in [2.24, 2.45) is 11.3 Å². The number of aromatic nitrogens is 1. The van der Waals surface area contributed by atoms with Crippen molar-refractivity contribution in [1.82, 2.24) is 4.98 Å². The monoisotopic (exact) mass is 255 g/mol.